The Morgan fingerprint density at radius 3 is 2.56 bits per heavy atom. The molecule has 0 aromatic rings. The van der Waals surface area contributed by atoms with E-state index in [1.54, 1.807) is 0 Å². The highest BCUT2D eigenvalue weighted by atomic mass is 14.7. The monoisotopic (exact) mass is 242 g/mol. The van der Waals surface area contributed by atoms with Gasteiger partial charge in [0.1, 0.15) is 0 Å². The molecule has 98 valence electrons. The van der Waals surface area contributed by atoms with Gasteiger partial charge in [-0.15, -0.1) is 0 Å². The number of fused-ring (bicyclic) bond motifs is 9. The van der Waals surface area contributed by atoms with E-state index in [9.17, 15) is 0 Å². The Hall–Kier alpha value is -0.520. The average Bonchev–Trinajstić information content (AvgIpc) is 3.06. The van der Waals surface area contributed by atoms with Gasteiger partial charge in [0.25, 0.3) is 0 Å². The van der Waals surface area contributed by atoms with Crippen LogP contribution in [-0.4, -0.2) is 0 Å². The molecule has 0 heterocycles. The summed E-state index contributed by atoms with van der Waals surface area (Å²) in [6, 6.07) is 0. The first-order chi connectivity index (χ1) is 8.72. The maximum Gasteiger partial charge on any atom is -0.0146 e. The molecule has 7 atom stereocenters. The van der Waals surface area contributed by atoms with E-state index in [0.29, 0.717) is 0 Å². The van der Waals surface area contributed by atoms with Crippen LogP contribution >= 0.6 is 0 Å². The summed E-state index contributed by atoms with van der Waals surface area (Å²) in [5, 5.41) is 0. The molecule has 0 aliphatic heterocycles. The molecule has 0 aromatic carbocycles. The van der Waals surface area contributed by atoms with Gasteiger partial charge in [0.2, 0.25) is 0 Å². The highest BCUT2D eigenvalue weighted by molar-refractivity contribution is 5.31. The average molecular weight is 242 g/mol. The number of rotatable bonds is 2. The quantitative estimate of drug-likeness (QED) is 0.487. The Bertz CT molecular complexity index is 414. The summed E-state index contributed by atoms with van der Waals surface area (Å²) < 4.78 is 0. The van der Waals surface area contributed by atoms with Crippen LogP contribution in [-0.2, 0) is 0 Å². The molecule has 0 radical (unpaired) electrons. The van der Waals surface area contributed by atoms with Crippen LogP contribution in [0.4, 0.5) is 0 Å². The van der Waals surface area contributed by atoms with Crippen LogP contribution in [0.1, 0.15) is 40.0 Å². The number of hydrogen-bond donors (Lipinski definition) is 0. The number of hydrogen-bond acceptors (Lipinski definition) is 0. The highest BCUT2D eigenvalue weighted by Crippen LogP contribution is 2.69. The second-order valence-electron chi connectivity index (χ2n) is 7.49. The fourth-order valence-corrected chi connectivity index (χ4v) is 6.32. The van der Waals surface area contributed by atoms with Gasteiger partial charge in [0.05, 0.1) is 0 Å². The van der Waals surface area contributed by atoms with Gasteiger partial charge in [-0.2, -0.15) is 0 Å². The van der Waals surface area contributed by atoms with Gasteiger partial charge in [-0.3, -0.25) is 0 Å². The third-order valence-electron chi connectivity index (χ3n) is 6.50. The van der Waals surface area contributed by atoms with Crippen molar-refractivity contribution in [3.63, 3.8) is 0 Å². The van der Waals surface area contributed by atoms with Gasteiger partial charge in [0.15, 0.2) is 0 Å². The maximum atomic E-state index is 2.60. The van der Waals surface area contributed by atoms with Crippen molar-refractivity contribution in [2.24, 2.45) is 47.3 Å². The molecule has 0 saturated heterocycles. The van der Waals surface area contributed by atoms with E-state index in [1.807, 2.05) is 5.57 Å². The van der Waals surface area contributed by atoms with Crippen LogP contribution in [0.2, 0.25) is 0 Å². The lowest BCUT2D eigenvalue weighted by molar-refractivity contribution is 0.166. The molecule has 0 N–H and O–H groups in total. The second-order valence-corrected chi connectivity index (χ2v) is 7.49. The molecule has 4 aliphatic rings. The first-order valence-corrected chi connectivity index (χ1v) is 8.10. The van der Waals surface area contributed by atoms with Crippen molar-refractivity contribution < 1.29 is 0 Å². The Morgan fingerprint density at radius 2 is 1.89 bits per heavy atom. The van der Waals surface area contributed by atoms with Crippen LogP contribution in [0.25, 0.3) is 0 Å². The van der Waals surface area contributed by atoms with Gasteiger partial charge in [-0.05, 0) is 66.6 Å². The normalized spacial score (nSPS) is 54.0. The predicted molar refractivity (Wildman–Crippen MR) is 76.0 cm³/mol. The fourth-order valence-electron chi connectivity index (χ4n) is 6.32. The first-order valence-electron chi connectivity index (χ1n) is 8.10. The van der Waals surface area contributed by atoms with Crippen molar-refractivity contribution >= 4 is 0 Å². The smallest absolute Gasteiger partial charge is 0.0146 e. The molecule has 0 nitrogen and oxygen atoms in total. The minimum Gasteiger partial charge on any atom is -0.0850 e. The molecular formula is C18H26. The molecule has 18 heavy (non-hydrogen) atoms. The van der Waals surface area contributed by atoms with Crippen molar-refractivity contribution in [2.75, 3.05) is 0 Å². The van der Waals surface area contributed by atoms with Gasteiger partial charge in [0, 0.05) is 0 Å². The van der Waals surface area contributed by atoms with E-state index in [1.165, 1.54) is 19.3 Å². The van der Waals surface area contributed by atoms with Crippen LogP contribution in [0.5, 0.6) is 0 Å². The third kappa shape index (κ3) is 1.22. The van der Waals surface area contributed by atoms with Gasteiger partial charge >= 0.3 is 0 Å². The zero-order chi connectivity index (χ0) is 12.4. The molecule has 0 aromatic heterocycles. The molecule has 3 fully saturated rings. The SMILES string of the molecule is CCC=C1C2CC(C1C(C)C)C1C3C=CC(C3)C21. The minimum absolute atomic E-state index is 0.849. The molecule has 0 spiro atoms. The fraction of sp³-hybridized carbons (Fsp3) is 0.778. The lowest BCUT2D eigenvalue weighted by atomic mass is 9.64. The summed E-state index contributed by atoms with van der Waals surface area (Å²) in [4.78, 5) is 0. The molecule has 4 bridgehead atoms. The van der Waals surface area contributed by atoms with Gasteiger partial charge in [-0.25, -0.2) is 0 Å². The van der Waals surface area contributed by atoms with Crippen LogP contribution in [0.3, 0.4) is 0 Å². The Kier molecular flexibility index (Phi) is 2.35. The van der Waals surface area contributed by atoms with Crippen molar-refractivity contribution in [1.82, 2.24) is 0 Å². The predicted octanol–water partition coefficient (Wildman–Crippen LogP) is 4.68. The lowest BCUT2D eigenvalue weighted by Crippen LogP contribution is -2.34. The zero-order valence-corrected chi connectivity index (χ0v) is 12.0. The largest absolute Gasteiger partial charge is 0.0850 e. The standard InChI is InChI=1S/C18H26/c1-4-5-13-14-9-15(16(13)10(2)3)18-12-7-6-11(8-12)17(14)18/h5-7,10-12,14-18H,4,8-9H2,1-3H3. The molecule has 0 heteroatoms. The van der Waals surface area contributed by atoms with E-state index in [2.05, 4.69) is 39.0 Å². The second kappa shape index (κ2) is 3.74. The molecule has 0 amide bonds. The Morgan fingerprint density at radius 1 is 1.17 bits per heavy atom. The Labute approximate surface area is 112 Å². The summed E-state index contributed by atoms with van der Waals surface area (Å²) in [6.07, 6.45) is 12.0. The molecular weight excluding hydrogens is 216 g/mol. The topological polar surface area (TPSA) is 0 Å². The van der Waals surface area contributed by atoms with E-state index in [-0.39, 0.29) is 0 Å². The van der Waals surface area contributed by atoms with Crippen molar-refractivity contribution in [2.45, 2.75) is 40.0 Å². The summed E-state index contributed by atoms with van der Waals surface area (Å²) >= 11 is 0. The van der Waals surface area contributed by atoms with Crippen LogP contribution < -0.4 is 0 Å². The Balaban J connectivity index is 1.74. The first kappa shape index (κ1) is 11.3. The van der Waals surface area contributed by atoms with Crippen molar-refractivity contribution in [3.8, 4) is 0 Å². The summed E-state index contributed by atoms with van der Waals surface area (Å²) in [5.41, 5.74) is 1.87. The minimum atomic E-state index is 0.849. The van der Waals surface area contributed by atoms with Crippen molar-refractivity contribution in [1.29, 1.82) is 0 Å². The number of allylic oxidation sites excluding steroid dienone is 4. The van der Waals surface area contributed by atoms with Gasteiger partial charge < -0.3 is 0 Å². The summed E-state index contributed by atoms with van der Waals surface area (Å²) in [7, 11) is 0. The van der Waals surface area contributed by atoms with Crippen LogP contribution in [0.15, 0.2) is 23.8 Å². The van der Waals surface area contributed by atoms with E-state index in [0.717, 1.165) is 47.3 Å². The third-order valence-corrected chi connectivity index (χ3v) is 6.50. The molecule has 7 unspecified atom stereocenters. The van der Waals surface area contributed by atoms with Crippen LogP contribution in [0, 0.1) is 47.3 Å². The van der Waals surface area contributed by atoms with E-state index < -0.39 is 0 Å². The molecule has 4 rings (SSSR count). The molecule has 3 saturated carbocycles. The summed E-state index contributed by atoms with van der Waals surface area (Å²) in [5.74, 6) is 7.77. The highest BCUT2D eigenvalue weighted by Gasteiger charge is 2.62. The maximum absolute atomic E-state index is 2.60. The van der Waals surface area contributed by atoms with Gasteiger partial charge in [-0.1, -0.05) is 44.6 Å². The lowest BCUT2D eigenvalue weighted by Gasteiger charge is -2.40. The van der Waals surface area contributed by atoms with E-state index in [4.69, 9.17) is 0 Å². The molecule has 4 aliphatic carbocycles. The van der Waals surface area contributed by atoms with E-state index >= 15 is 0 Å². The van der Waals surface area contributed by atoms with Crippen molar-refractivity contribution in [3.05, 3.63) is 23.8 Å². The summed E-state index contributed by atoms with van der Waals surface area (Å²) in [6.45, 7) is 7.22. The zero-order valence-electron chi connectivity index (χ0n) is 12.0.